The first kappa shape index (κ1) is 20.8. The van der Waals surface area contributed by atoms with Crippen LogP contribution in [0, 0.1) is 11.8 Å². The topological polar surface area (TPSA) is 0 Å². The van der Waals surface area contributed by atoms with Gasteiger partial charge in [0.15, 0.2) is 0 Å². The second-order valence-corrected chi connectivity index (χ2v) is 6.62. The molecule has 0 atom stereocenters. The Labute approximate surface area is 139 Å². The summed E-state index contributed by atoms with van der Waals surface area (Å²) in [5, 5.41) is 0. The Morgan fingerprint density at radius 3 is 2.09 bits per heavy atom. The first-order chi connectivity index (χ1) is 10.6. The molecule has 0 aromatic heterocycles. The minimum atomic E-state index is 0.172. The molecule has 0 bridgehead atoms. The van der Waals surface area contributed by atoms with Crippen molar-refractivity contribution in [1.29, 1.82) is 0 Å². The minimum absolute atomic E-state index is 0.172. The molecule has 1 aromatic rings. The van der Waals surface area contributed by atoms with E-state index in [1.807, 2.05) is 13.8 Å². The number of hydrogen-bond acceptors (Lipinski definition) is 0. The lowest BCUT2D eigenvalue weighted by atomic mass is 9.84. The third kappa shape index (κ3) is 8.93. The Balaban J connectivity index is 0.00000211. The molecular formula is C22H36. The van der Waals surface area contributed by atoms with Crippen LogP contribution in [0.1, 0.15) is 97.6 Å². The quantitative estimate of drug-likeness (QED) is 0.388. The highest BCUT2D eigenvalue weighted by Crippen LogP contribution is 2.25. The van der Waals surface area contributed by atoms with Gasteiger partial charge in [0.25, 0.3) is 0 Å². The highest BCUT2D eigenvalue weighted by Gasteiger charge is 2.15. The van der Waals surface area contributed by atoms with Gasteiger partial charge in [-0.2, -0.15) is 0 Å². The maximum Gasteiger partial charge on any atom is 0.0282 e. The van der Waals surface area contributed by atoms with Crippen LogP contribution in [0.5, 0.6) is 0 Å². The van der Waals surface area contributed by atoms with E-state index in [-0.39, 0.29) is 5.41 Å². The normalized spacial score (nSPS) is 10.3. The first-order valence-electron chi connectivity index (χ1n) is 9.14. The molecule has 0 spiro atoms. The molecule has 0 unspecified atom stereocenters. The van der Waals surface area contributed by atoms with Crippen LogP contribution in [0.3, 0.4) is 0 Å². The van der Waals surface area contributed by atoms with Crippen molar-refractivity contribution in [2.75, 3.05) is 0 Å². The molecule has 0 N–H and O–H groups in total. The number of unbranched alkanes of at least 4 members (excludes halogenated alkanes) is 6. The molecule has 22 heavy (non-hydrogen) atoms. The van der Waals surface area contributed by atoms with E-state index in [0.29, 0.717) is 0 Å². The van der Waals surface area contributed by atoms with Crippen LogP contribution in [0.4, 0.5) is 0 Å². The van der Waals surface area contributed by atoms with Crippen LogP contribution in [-0.4, -0.2) is 0 Å². The minimum Gasteiger partial charge on any atom is -0.0979 e. The van der Waals surface area contributed by atoms with Crippen molar-refractivity contribution in [3.63, 3.8) is 0 Å². The highest BCUT2D eigenvalue weighted by atomic mass is 14.2. The van der Waals surface area contributed by atoms with Crippen LogP contribution in [0.2, 0.25) is 0 Å². The lowest BCUT2D eigenvalue weighted by Crippen LogP contribution is -2.12. The molecule has 0 heterocycles. The molecular weight excluding hydrogens is 264 g/mol. The average Bonchev–Trinajstić information content (AvgIpc) is 2.51. The molecule has 0 amide bonds. The Kier molecular flexibility index (Phi) is 11.7. The van der Waals surface area contributed by atoms with Crippen LogP contribution in [0.25, 0.3) is 0 Å². The third-order valence-electron chi connectivity index (χ3n) is 3.61. The van der Waals surface area contributed by atoms with Crippen LogP contribution >= 0.6 is 0 Å². The summed E-state index contributed by atoms with van der Waals surface area (Å²) in [6.45, 7) is 13.0. The van der Waals surface area contributed by atoms with Gasteiger partial charge in [-0.1, -0.05) is 104 Å². The van der Waals surface area contributed by atoms with Gasteiger partial charge in [0.1, 0.15) is 0 Å². The molecule has 0 saturated carbocycles. The Bertz CT molecular complexity index is 437. The predicted molar refractivity (Wildman–Crippen MR) is 101 cm³/mol. The number of rotatable bonds is 6. The van der Waals surface area contributed by atoms with Crippen LogP contribution in [0.15, 0.2) is 24.3 Å². The van der Waals surface area contributed by atoms with E-state index in [9.17, 15) is 0 Å². The first-order valence-corrected chi connectivity index (χ1v) is 9.14. The van der Waals surface area contributed by atoms with E-state index in [0.717, 1.165) is 6.42 Å². The van der Waals surface area contributed by atoms with Crippen molar-refractivity contribution >= 4 is 0 Å². The van der Waals surface area contributed by atoms with Gasteiger partial charge in [0.05, 0.1) is 0 Å². The summed E-state index contributed by atoms with van der Waals surface area (Å²) in [7, 11) is 0. The van der Waals surface area contributed by atoms with Gasteiger partial charge in [0, 0.05) is 12.0 Å². The molecule has 0 heteroatoms. The van der Waals surface area contributed by atoms with Crippen molar-refractivity contribution in [1.82, 2.24) is 0 Å². The van der Waals surface area contributed by atoms with Gasteiger partial charge >= 0.3 is 0 Å². The lowest BCUT2D eigenvalue weighted by molar-refractivity contribution is 0.588. The van der Waals surface area contributed by atoms with Gasteiger partial charge in [0.2, 0.25) is 0 Å². The van der Waals surface area contributed by atoms with E-state index >= 15 is 0 Å². The van der Waals surface area contributed by atoms with E-state index in [1.54, 1.807) is 0 Å². The van der Waals surface area contributed by atoms with Crippen molar-refractivity contribution < 1.29 is 0 Å². The van der Waals surface area contributed by atoms with Crippen LogP contribution < -0.4 is 0 Å². The zero-order chi connectivity index (χ0) is 16.8. The molecule has 0 aliphatic rings. The summed E-state index contributed by atoms with van der Waals surface area (Å²) in [5.74, 6) is 6.73. The van der Waals surface area contributed by atoms with Gasteiger partial charge in [-0.05, 0) is 23.5 Å². The van der Waals surface area contributed by atoms with Crippen LogP contribution in [-0.2, 0) is 5.41 Å². The third-order valence-corrected chi connectivity index (χ3v) is 3.61. The van der Waals surface area contributed by atoms with E-state index < -0.39 is 0 Å². The molecule has 0 fully saturated rings. The standard InChI is InChI=1S/C20H30.C2H6/c1-5-6-7-8-9-10-11-12-15-18-16-13-14-17-19(18)20(2,3)4;1-2/h13-14,16-17H,5-11H2,1-4H3;1-2H3. The maximum atomic E-state index is 3.37. The lowest BCUT2D eigenvalue weighted by Gasteiger charge is -2.20. The van der Waals surface area contributed by atoms with Gasteiger partial charge < -0.3 is 0 Å². The number of hydrogen-bond donors (Lipinski definition) is 0. The van der Waals surface area contributed by atoms with Gasteiger partial charge in [-0.25, -0.2) is 0 Å². The predicted octanol–water partition coefficient (Wildman–Crippen LogP) is 7.11. The van der Waals surface area contributed by atoms with Crippen molar-refractivity contribution in [2.24, 2.45) is 0 Å². The van der Waals surface area contributed by atoms with E-state index in [2.05, 4.69) is 63.8 Å². The maximum absolute atomic E-state index is 3.37. The Morgan fingerprint density at radius 2 is 1.45 bits per heavy atom. The van der Waals surface area contributed by atoms with Crippen molar-refractivity contribution in [3.05, 3.63) is 35.4 Å². The summed E-state index contributed by atoms with van der Waals surface area (Å²) in [5.41, 5.74) is 2.73. The second kappa shape index (κ2) is 12.3. The van der Waals surface area contributed by atoms with Crippen molar-refractivity contribution in [2.45, 2.75) is 91.9 Å². The number of benzene rings is 1. The summed E-state index contributed by atoms with van der Waals surface area (Å²) >= 11 is 0. The molecule has 0 radical (unpaired) electrons. The van der Waals surface area contributed by atoms with E-state index in [1.165, 1.54) is 49.7 Å². The summed E-state index contributed by atoms with van der Waals surface area (Å²) in [6.07, 6.45) is 9.06. The fourth-order valence-electron chi connectivity index (χ4n) is 2.40. The summed E-state index contributed by atoms with van der Waals surface area (Å²) in [6, 6.07) is 8.55. The molecule has 0 saturated heterocycles. The Morgan fingerprint density at radius 1 is 0.864 bits per heavy atom. The van der Waals surface area contributed by atoms with Gasteiger partial charge in [-0.3, -0.25) is 0 Å². The molecule has 1 aromatic carbocycles. The summed E-state index contributed by atoms with van der Waals surface area (Å²) < 4.78 is 0. The zero-order valence-electron chi connectivity index (χ0n) is 15.8. The molecule has 1 rings (SSSR count). The molecule has 124 valence electrons. The fraction of sp³-hybridized carbons (Fsp3) is 0.636. The zero-order valence-corrected chi connectivity index (χ0v) is 15.8. The van der Waals surface area contributed by atoms with Gasteiger partial charge in [-0.15, -0.1) is 0 Å². The molecule has 0 aliphatic heterocycles. The van der Waals surface area contributed by atoms with E-state index in [4.69, 9.17) is 0 Å². The average molecular weight is 301 g/mol. The largest absolute Gasteiger partial charge is 0.0979 e. The monoisotopic (exact) mass is 300 g/mol. The fourth-order valence-corrected chi connectivity index (χ4v) is 2.40. The smallest absolute Gasteiger partial charge is 0.0282 e. The second-order valence-electron chi connectivity index (χ2n) is 6.62. The Hall–Kier alpha value is -1.22. The molecule has 0 aliphatic carbocycles. The highest BCUT2D eigenvalue weighted by molar-refractivity contribution is 5.44. The molecule has 0 nitrogen and oxygen atoms in total. The SMILES string of the molecule is CC.CCCCCCCCC#Cc1ccccc1C(C)(C)C. The summed E-state index contributed by atoms with van der Waals surface area (Å²) in [4.78, 5) is 0. The van der Waals surface area contributed by atoms with Crippen molar-refractivity contribution in [3.8, 4) is 11.8 Å².